The lowest BCUT2D eigenvalue weighted by Crippen LogP contribution is -2.44. The van der Waals surface area contributed by atoms with E-state index in [9.17, 15) is 17.6 Å². The van der Waals surface area contributed by atoms with Gasteiger partial charge in [-0.2, -0.15) is 4.72 Å². The maximum Gasteiger partial charge on any atom is 0.241 e. The molecule has 0 unspecified atom stereocenters. The van der Waals surface area contributed by atoms with E-state index in [-0.39, 0.29) is 22.3 Å². The summed E-state index contributed by atoms with van der Waals surface area (Å²) in [6.07, 6.45) is 0. The zero-order valence-corrected chi connectivity index (χ0v) is 15.7. The van der Waals surface area contributed by atoms with Gasteiger partial charge in [0.2, 0.25) is 15.9 Å². The molecule has 140 valence electrons. The van der Waals surface area contributed by atoms with Crippen molar-refractivity contribution in [2.45, 2.75) is 24.4 Å². The molecule has 0 heterocycles. The normalized spacial score (nSPS) is 12.5. The van der Waals surface area contributed by atoms with Gasteiger partial charge in [-0.3, -0.25) is 4.79 Å². The van der Waals surface area contributed by atoms with Crippen LogP contribution in [0, 0.1) is 5.82 Å². The molecule has 0 radical (unpaired) electrons. The van der Waals surface area contributed by atoms with Crippen molar-refractivity contribution in [1.82, 2.24) is 10.0 Å². The van der Waals surface area contributed by atoms with Gasteiger partial charge in [-0.05, 0) is 42.8 Å². The highest BCUT2D eigenvalue weighted by atomic mass is 35.5. The van der Waals surface area contributed by atoms with E-state index in [1.807, 2.05) is 0 Å². The van der Waals surface area contributed by atoms with Gasteiger partial charge in [0, 0.05) is 6.54 Å². The summed E-state index contributed by atoms with van der Waals surface area (Å²) in [7, 11) is -2.52. The number of carbonyl (C=O) groups is 1. The fraction of sp³-hybridized carbons (Fsp3) is 0.235. The summed E-state index contributed by atoms with van der Waals surface area (Å²) in [6, 6.07) is 8.61. The average molecular weight is 401 g/mol. The van der Waals surface area contributed by atoms with Gasteiger partial charge in [-0.15, -0.1) is 0 Å². The quantitative estimate of drug-likeness (QED) is 0.747. The van der Waals surface area contributed by atoms with Crippen molar-refractivity contribution in [3.05, 3.63) is 58.9 Å². The van der Waals surface area contributed by atoms with Crippen LogP contribution in [0.2, 0.25) is 5.02 Å². The molecule has 26 heavy (non-hydrogen) atoms. The van der Waals surface area contributed by atoms with Crippen LogP contribution in [0.4, 0.5) is 4.39 Å². The minimum absolute atomic E-state index is 0.0820. The summed E-state index contributed by atoms with van der Waals surface area (Å²) < 4.78 is 44.9. The third-order valence-electron chi connectivity index (χ3n) is 3.54. The van der Waals surface area contributed by atoms with Crippen LogP contribution in [-0.2, 0) is 21.4 Å². The van der Waals surface area contributed by atoms with Crippen LogP contribution in [0.25, 0.3) is 0 Å². The Balaban J connectivity index is 2.00. The van der Waals surface area contributed by atoms with Gasteiger partial charge in [0.15, 0.2) is 0 Å². The smallest absolute Gasteiger partial charge is 0.241 e. The number of sulfonamides is 1. The number of carbonyl (C=O) groups excluding carboxylic acids is 1. The number of amides is 1. The van der Waals surface area contributed by atoms with Crippen molar-refractivity contribution in [1.29, 1.82) is 0 Å². The SMILES string of the molecule is COc1ccc(S(=O)(=O)N[C@H](C)C(=O)NCc2ccc(F)cc2)cc1Cl. The van der Waals surface area contributed by atoms with Crippen molar-refractivity contribution >= 4 is 27.5 Å². The monoisotopic (exact) mass is 400 g/mol. The zero-order chi connectivity index (χ0) is 19.3. The third-order valence-corrected chi connectivity index (χ3v) is 5.37. The number of nitrogens with one attached hydrogen (secondary N) is 2. The summed E-state index contributed by atoms with van der Waals surface area (Å²) >= 11 is 5.94. The molecule has 0 aliphatic carbocycles. The first-order chi connectivity index (χ1) is 12.2. The molecule has 0 aliphatic rings. The van der Waals surface area contributed by atoms with Crippen LogP contribution in [-0.4, -0.2) is 27.5 Å². The Hall–Kier alpha value is -2.16. The third kappa shape index (κ3) is 5.17. The Kier molecular flexibility index (Phi) is 6.57. The maximum atomic E-state index is 12.9. The molecule has 6 nitrogen and oxygen atoms in total. The molecule has 0 bridgehead atoms. The van der Waals surface area contributed by atoms with E-state index < -0.39 is 22.0 Å². The number of halogens is 2. The van der Waals surface area contributed by atoms with E-state index >= 15 is 0 Å². The Morgan fingerprint density at radius 3 is 2.46 bits per heavy atom. The lowest BCUT2D eigenvalue weighted by Gasteiger charge is -2.15. The van der Waals surface area contributed by atoms with Crippen molar-refractivity contribution in [2.24, 2.45) is 0 Å². The molecule has 2 aromatic carbocycles. The second-order valence-electron chi connectivity index (χ2n) is 5.48. The molecule has 9 heteroatoms. The Bertz CT molecular complexity index is 888. The van der Waals surface area contributed by atoms with Crippen LogP contribution < -0.4 is 14.8 Å². The van der Waals surface area contributed by atoms with Crippen LogP contribution >= 0.6 is 11.6 Å². The average Bonchev–Trinajstić information content (AvgIpc) is 2.60. The molecule has 2 rings (SSSR count). The predicted molar refractivity (Wildman–Crippen MR) is 96.0 cm³/mol. The number of benzene rings is 2. The lowest BCUT2D eigenvalue weighted by molar-refractivity contribution is -0.122. The second kappa shape index (κ2) is 8.48. The van der Waals surface area contributed by atoms with E-state index in [1.165, 1.54) is 56.5 Å². The summed E-state index contributed by atoms with van der Waals surface area (Å²) in [4.78, 5) is 12.0. The Morgan fingerprint density at radius 2 is 1.88 bits per heavy atom. The molecular weight excluding hydrogens is 383 g/mol. The fourth-order valence-corrected chi connectivity index (χ4v) is 3.66. The molecule has 0 saturated carbocycles. The first kappa shape index (κ1) is 20.2. The van der Waals surface area contributed by atoms with Gasteiger partial charge < -0.3 is 10.1 Å². The van der Waals surface area contributed by atoms with Crippen molar-refractivity contribution < 1.29 is 22.3 Å². The standard InChI is InChI=1S/C17H18ClFN2O4S/c1-11(17(22)20-10-12-3-5-13(19)6-4-12)21-26(23,24)14-7-8-16(25-2)15(18)9-14/h3-9,11,21H,10H2,1-2H3,(H,20,22)/t11-/m1/s1. The van der Waals surface area contributed by atoms with Crippen molar-refractivity contribution in [3.63, 3.8) is 0 Å². The highest BCUT2D eigenvalue weighted by molar-refractivity contribution is 7.89. The number of methoxy groups -OCH3 is 1. The molecule has 0 aromatic heterocycles. The number of rotatable bonds is 7. The molecule has 1 atom stereocenters. The second-order valence-corrected chi connectivity index (χ2v) is 7.60. The lowest BCUT2D eigenvalue weighted by atomic mass is 10.2. The summed E-state index contributed by atoms with van der Waals surface area (Å²) in [6.45, 7) is 1.57. The van der Waals surface area contributed by atoms with Crippen LogP contribution in [0.3, 0.4) is 0 Å². The first-order valence-corrected chi connectivity index (χ1v) is 9.47. The fourth-order valence-electron chi connectivity index (χ4n) is 2.11. The van der Waals surface area contributed by atoms with Gasteiger partial charge in [0.25, 0.3) is 0 Å². The van der Waals surface area contributed by atoms with Crippen molar-refractivity contribution in [3.8, 4) is 5.75 Å². The van der Waals surface area contributed by atoms with Gasteiger partial charge in [0.1, 0.15) is 11.6 Å². The number of hydrogen-bond acceptors (Lipinski definition) is 4. The molecule has 0 fully saturated rings. The highest BCUT2D eigenvalue weighted by Gasteiger charge is 2.22. The predicted octanol–water partition coefficient (Wildman–Crippen LogP) is 2.47. The molecule has 0 saturated heterocycles. The van der Waals surface area contributed by atoms with Crippen molar-refractivity contribution in [2.75, 3.05) is 7.11 Å². The van der Waals surface area contributed by atoms with Crippen LogP contribution in [0.5, 0.6) is 5.75 Å². The van der Waals surface area contributed by atoms with Gasteiger partial charge >= 0.3 is 0 Å². The number of ether oxygens (including phenoxy) is 1. The minimum atomic E-state index is -3.94. The van der Waals surface area contributed by atoms with E-state index in [0.29, 0.717) is 11.3 Å². The number of hydrogen-bond donors (Lipinski definition) is 2. The van der Waals surface area contributed by atoms with Crippen LogP contribution in [0.15, 0.2) is 47.4 Å². The van der Waals surface area contributed by atoms with Gasteiger partial charge in [-0.1, -0.05) is 23.7 Å². The molecule has 1 amide bonds. The van der Waals surface area contributed by atoms with Gasteiger partial charge in [0.05, 0.1) is 23.1 Å². The van der Waals surface area contributed by atoms with E-state index in [2.05, 4.69) is 10.0 Å². The van der Waals surface area contributed by atoms with Crippen LogP contribution in [0.1, 0.15) is 12.5 Å². The largest absolute Gasteiger partial charge is 0.495 e. The first-order valence-electron chi connectivity index (χ1n) is 7.61. The highest BCUT2D eigenvalue weighted by Crippen LogP contribution is 2.26. The van der Waals surface area contributed by atoms with E-state index in [1.54, 1.807) is 0 Å². The van der Waals surface area contributed by atoms with E-state index in [4.69, 9.17) is 16.3 Å². The summed E-state index contributed by atoms with van der Waals surface area (Å²) in [5.74, 6) is -0.549. The minimum Gasteiger partial charge on any atom is -0.495 e. The van der Waals surface area contributed by atoms with E-state index in [0.717, 1.165) is 0 Å². The Morgan fingerprint density at radius 1 is 1.23 bits per heavy atom. The molecule has 2 N–H and O–H groups in total. The zero-order valence-electron chi connectivity index (χ0n) is 14.1. The van der Waals surface area contributed by atoms with Gasteiger partial charge in [-0.25, -0.2) is 12.8 Å². The summed E-state index contributed by atoms with van der Waals surface area (Å²) in [5.41, 5.74) is 0.691. The molecule has 0 aliphatic heterocycles. The summed E-state index contributed by atoms with van der Waals surface area (Å²) in [5, 5.41) is 2.73. The maximum absolute atomic E-state index is 12.9. The molecule has 2 aromatic rings. The molecular formula is C17H18ClFN2O4S. The topological polar surface area (TPSA) is 84.5 Å². The Labute approximate surface area is 156 Å². The molecule has 0 spiro atoms.